The van der Waals surface area contributed by atoms with E-state index < -0.39 is 0 Å². The van der Waals surface area contributed by atoms with Crippen molar-refractivity contribution in [2.45, 2.75) is 25.8 Å². The molecule has 120 valence electrons. The zero-order valence-electron chi connectivity index (χ0n) is 12.7. The molecule has 2 heterocycles. The van der Waals surface area contributed by atoms with E-state index in [2.05, 4.69) is 37.7 Å². The molecule has 0 aromatic carbocycles. The van der Waals surface area contributed by atoms with Crippen LogP contribution >= 0.6 is 24.0 Å². The Morgan fingerprint density at radius 1 is 1.55 bits per heavy atom. The van der Waals surface area contributed by atoms with Crippen LogP contribution < -0.4 is 10.6 Å². The van der Waals surface area contributed by atoms with Crippen molar-refractivity contribution in [1.82, 2.24) is 25.8 Å². The predicted molar refractivity (Wildman–Crippen MR) is 95.3 cm³/mol. The number of halogens is 1. The Morgan fingerprint density at radius 3 is 3.00 bits per heavy atom. The van der Waals surface area contributed by atoms with Gasteiger partial charge in [0.25, 0.3) is 0 Å². The molecule has 0 saturated heterocycles. The van der Waals surface area contributed by atoms with Crippen LogP contribution in [0.25, 0.3) is 11.6 Å². The summed E-state index contributed by atoms with van der Waals surface area (Å²) in [5, 5.41) is 13.7. The van der Waals surface area contributed by atoms with E-state index in [4.69, 9.17) is 4.42 Å². The van der Waals surface area contributed by atoms with Crippen LogP contribution in [-0.2, 0) is 6.42 Å². The molecule has 0 spiro atoms. The lowest BCUT2D eigenvalue weighted by Crippen LogP contribution is -2.40. The second kappa shape index (κ2) is 7.61. The van der Waals surface area contributed by atoms with E-state index in [-0.39, 0.29) is 24.0 Å². The van der Waals surface area contributed by atoms with Gasteiger partial charge in [-0.1, -0.05) is 6.92 Å². The maximum atomic E-state index is 5.26. The third-order valence-corrected chi connectivity index (χ3v) is 3.58. The normalized spacial score (nSPS) is 20.4. The van der Waals surface area contributed by atoms with E-state index in [1.165, 1.54) is 6.42 Å². The van der Waals surface area contributed by atoms with Crippen LogP contribution in [0, 0.1) is 5.92 Å². The summed E-state index contributed by atoms with van der Waals surface area (Å²) in [4.78, 5) is 8.61. The molecule has 3 N–H and O–H groups in total. The number of rotatable bonds is 5. The number of nitrogens with zero attached hydrogens (tertiary/aromatic N) is 3. The largest absolute Gasteiger partial charge is 0.461 e. The molecule has 0 bridgehead atoms. The number of aliphatic imine (C=N–C) groups is 1. The maximum Gasteiger partial charge on any atom is 0.216 e. The Kier molecular flexibility index (Phi) is 5.81. The van der Waals surface area contributed by atoms with Gasteiger partial charge in [0, 0.05) is 26.1 Å². The fourth-order valence-corrected chi connectivity index (χ4v) is 2.12. The summed E-state index contributed by atoms with van der Waals surface area (Å²) in [6, 6.07) is 4.22. The highest BCUT2D eigenvalue weighted by molar-refractivity contribution is 14.0. The number of aromatic nitrogens is 3. The van der Waals surface area contributed by atoms with Crippen LogP contribution in [0.5, 0.6) is 0 Å². The van der Waals surface area contributed by atoms with Crippen LogP contribution in [0.15, 0.2) is 27.8 Å². The van der Waals surface area contributed by atoms with E-state index in [1.54, 1.807) is 13.3 Å². The molecule has 2 aromatic rings. The summed E-state index contributed by atoms with van der Waals surface area (Å²) in [6.07, 6.45) is 3.57. The van der Waals surface area contributed by atoms with E-state index in [9.17, 15) is 0 Å². The van der Waals surface area contributed by atoms with Gasteiger partial charge in [-0.3, -0.25) is 10.1 Å². The molecule has 2 atom stereocenters. The lowest BCUT2D eigenvalue weighted by molar-refractivity contribution is 0.577. The molecular weight excluding hydrogens is 395 g/mol. The third kappa shape index (κ3) is 4.21. The van der Waals surface area contributed by atoms with Crippen LogP contribution in [0.4, 0.5) is 0 Å². The minimum atomic E-state index is 0. The van der Waals surface area contributed by atoms with Crippen molar-refractivity contribution >= 4 is 29.9 Å². The van der Waals surface area contributed by atoms with E-state index >= 15 is 0 Å². The van der Waals surface area contributed by atoms with Crippen LogP contribution in [0.3, 0.4) is 0 Å². The lowest BCUT2D eigenvalue weighted by Gasteiger charge is -2.10. The summed E-state index contributed by atoms with van der Waals surface area (Å²) >= 11 is 0. The first-order valence-corrected chi connectivity index (χ1v) is 7.18. The van der Waals surface area contributed by atoms with Gasteiger partial charge < -0.3 is 15.1 Å². The fraction of sp³-hybridized carbons (Fsp3) is 0.500. The van der Waals surface area contributed by atoms with Gasteiger partial charge in [0.1, 0.15) is 5.82 Å². The molecule has 1 saturated carbocycles. The minimum Gasteiger partial charge on any atom is -0.461 e. The molecule has 22 heavy (non-hydrogen) atoms. The summed E-state index contributed by atoms with van der Waals surface area (Å²) in [6.45, 7) is 2.98. The van der Waals surface area contributed by atoms with Gasteiger partial charge in [-0.15, -0.1) is 24.0 Å². The Labute approximate surface area is 146 Å². The minimum absolute atomic E-state index is 0. The summed E-state index contributed by atoms with van der Waals surface area (Å²) in [7, 11) is 1.78. The Morgan fingerprint density at radius 2 is 2.36 bits per heavy atom. The second-order valence-corrected chi connectivity index (χ2v) is 5.30. The molecule has 0 aliphatic heterocycles. The number of hydrogen-bond donors (Lipinski definition) is 3. The van der Waals surface area contributed by atoms with E-state index in [0.29, 0.717) is 17.6 Å². The monoisotopic (exact) mass is 416 g/mol. The fourth-order valence-electron chi connectivity index (χ4n) is 2.12. The summed E-state index contributed by atoms with van der Waals surface area (Å²) < 4.78 is 5.26. The average Bonchev–Trinajstić information content (AvgIpc) is 2.95. The first kappa shape index (κ1) is 16.8. The quantitative estimate of drug-likeness (QED) is 0.393. The smallest absolute Gasteiger partial charge is 0.216 e. The van der Waals surface area contributed by atoms with Crippen molar-refractivity contribution in [3.8, 4) is 11.6 Å². The highest BCUT2D eigenvalue weighted by Gasteiger charge is 2.33. The van der Waals surface area contributed by atoms with Crippen molar-refractivity contribution < 1.29 is 4.42 Å². The summed E-state index contributed by atoms with van der Waals surface area (Å²) in [5.41, 5.74) is 0. The molecule has 7 nitrogen and oxygen atoms in total. The molecular formula is C14H21IN6O. The number of hydrogen-bond acceptors (Lipinski definition) is 4. The molecule has 1 aliphatic carbocycles. The highest BCUT2D eigenvalue weighted by atomic mass is 127. The first-order valence-electron chi connectivity index (χ1n) is 7.18. The Hall–Kier alpha value is -1.58. The van der Waals surface area contributed by atoms with E-state index in [0.717, 1.165) is 30.7 Å². The standard InChI is InChI=1S/C14H20N6O.HI/c1-9-8-10(9)17-14(15-2)16-6-5-12-18-13(20-19-12)11-4-3-7-21-11;/h3-4,7,9-10H,5-6,8H2,1-2H3,(H2,15,16,17)(H,18,19,20);1H. The number of aromatic amines is 1. The van der Waals surface area contributed by atoms with Gasteiger partial charge in [-0.2, -0.15) is 5.10 Å². The number of furan rings is 1. The molecule has 0 radical (unpaired) electrons. The third-order valence-electron chi connectivity index (χ3n) is 3.58. The van der Waals surface area contributed by atoms with Crippen molar-refractivity contribution in [2.75, 3.05) is 13.6 Å². The zero-order chi connectivity index (χ0) is 14.7. The molecule has 2 aromatic heterocycles. The average molecular weight is 416 g/mol. The SMILES string of the molecule is CN=C(NCCc1nc(-c2ccco2)n[nH]1)NC1CC1C.I. The number of H-pyrrole nitrogens is 1. The second-order valence-electron chi connectivity index (χ2n) is 5.30. The first-order chi connectivity index (χ1) is 10.3. The van der Waals surface area contributed by atoms with Crippen LogP contribution in [-0.4, -0.2) is 40.8 Å². The van der Waals surface area contributed by atoms with Gasteiger partial charge in [-0.25, -0.2) is 4.98 Å². The molecule has 8 heteroatoms. The Bertz CT molecular complexity index is 609. The molecule has 0 amide bonds. The highest BCUT2D eigenvalue weighted by Crippen LogP contribution is 2.28. The molecule has 3 rings (SSSR count). The maximum absolute atomic E-state index is 5.26. The van der Waals surface area contributed by atoms with Gasteiger partial charge >= 0.3 is 0 Å². The summed E-state index contributed by atoms with van der Waals surface area (Å²) in [5.74, 6) is 3.67. The van der Waals surface area contributed by atoms with Gasteiger partial charge in [0.2, 0.25) is 5.82 Å². The van der Waals surface area contributed by atoms with Crippen molar-refractivity contribution in [3.63, 3.8) is 0 Å². The van der Waals surface area contributed by atoms with Crippen molar-refractivity contribution in [2.24, 2.45) is 10.9 Å². The number of guanidine groups is 1. The molecule has 1 aliphatic rings. The zero-order valence-corrected chi connectivity index (χ0v) is 15.0. The van der Waals surface area contributed by atoms with Gasteiger partial charge in [0.05, 0.1) is 6.26 Å². The van der Waals surface area contributed by atoms with Crippen LogP contribution in [0.1, 0.15) is 19.2 Å². The van der Waals surface area contributed by atoms with Gasteiger partial charge in [-0.05, 0) is 24.5 Å². The van der Waals surface area contributed by atoms with E-state index in [1.807, 2.05) is 12.1 Å². The van der Waals surface area contributed by atoms with Gasteiger partial charge in [0.15, 0.2) is 11.7 Å². The van der Waals surface area contributed by atoms with Crippen LogP contribution in [0.2, 0.25) is 0 Å². The Balaban J connectivity index is 0.00000176. The van der Waals surface area contributed by atoms with Crippen molar-refractivity contribution in [1.29, 1.82) is 0 Å². The molecule has 1 fully saturated rings. The van der Waals surface area contributed by atoms with Crippen molar-refractivity contribution in [3.05, 3.63) is 24.2 Å². The topological polar surface area (TPSA) is 91.1 Å². The molecule has 2 unspecified atom stereocenters. The predicted octanol–water partition coefficient (Wildman–Crippen LogP) is 1.80. The lowest BCUT2D eigenvalue weighted by atomic mass is 10.4. The number of nitrogens with one attached hydrogen (secondary N) is 3.